The predicted molar refractivity (Wildman–Crippen MR) is 95.4 cm³/mol. The number of nitrogens with one attached hydrogen (secondary N) is 1. The molecule has 0 aliphatic carbocycles. The van der Waals surface area contributed by atoms with Gasteiger partial charge in [-0.25, -0.2) is 10.1 Å². The van der Waals surface area contributed by atoms with Crippen LogP contribution in [0.4, 0.5) is 5.82 Å². The minimum Gasteiger partial charge on any atom is -0.387 e. The van der Waals surface area contributed by atoms with E-state index in [0.717, 1.165) is 0 Å². The van der Waals surface area contributed by atoms with Crippen LogP contribution in [0.3, 0.4) is 0 Å². The number of nitrogens with zero attached hydrogens (tertiary/aromatic N) is 4. The van der Waals surface area contributed by atoms with Crippen LogP contribution in [-0.4, -0.2) is 75.2 Å². The Bertz CT molecular complexity index is 983. The van der Waals surface area contributed by atoms with Crippen molar-refractivity contribution >= 4 is 43.7 Å². The molecule has 1 fully saturated rings. The van der Waals surface area contributed by atoms with Gasteiger partial charge >= 0.3 is 7.60 Å². The highest BCUT2D eigenvalue weighted by atomic mass is 35.5. The molecule has 0 bridgehead atoms. The van der Waals surface area contributed by atoms with Crippen molar-refractivity contribution in [2.75, 3.05) is 18.2 Å². The molecule has 5 atom stereocenters. The highest BCUT2D eigenvalue weighted by Gasteiger charge is 2.45. The molecule has 1 aliphatic rings. The lowest BCUT2D eigenvalue weighted by atomic mass is 10.1. The Morgan fingerprint density at radius 1 is 1.25 bits per heavy atom. The lowest BCUT2D eigenvalue weighted by Gasteiger charge is -2.19. The number of halogens is 1. The number of aliphatic hydroxyl groups is 2. The molecule has 5 unspecified atom stereocenters. The SMILES string of the molecule is Nc1nc(Cl)nc2c1ncn2C1OC(CNP(=O)(O)CP(=O)(O)O)C(O)C1O. The van der Waals surface area contributed by atoms with E-state index >= 15 is 0 Å². The van der Waals surface area contributed by atoms with Gasteiger partial charge in [0.1, 0.15) is 29.7 Å². The van der Waals surface area contributed by atoms with Crippen LogP contribution < -0.4 is 10.8 Å². The molecule has 3 heterocycles. The van der Waals surface area contributed by atoms with Crippen LogP contribution in [0, 0.1) is 0 Å². The van der Waals surface area contributed by atoms with Crippen LogP contribution in [0.15, 0.2) is 6.33 Å². The molecule has 17 heteroatoms. The van der Waals surface area contributed by atoms with Crippen molar-refractivity contribution in [3.05, 3.63) is 11.6 Å². The van der Waals surface area contributed by atoms with Gasteiger partial charge in [0.25, 0.3) is 7.52 Å². The van der Waals surface area contributed by atoms with E-state index in [2.05, 4.69) is 20.0 Å². The van der Waals surface area contributed by atoms with E-state index in [1.807, 2.05) is 0 Å². The number of hydrogen-bond donors (Lipinski definition) is 7. The van der Waals surface area contributed by atoms with Gasteiger partial charge in [-0.15, -0.1) is 0 Å². The summed E-state index contributed by atoms with van der Waals surface area (Å²) in [5.74, 6) is -1.28. The van der Waals surface area contributed by atoms with Crippen molar-refractivity contribution in [2.45, 2.75) is 24.5 Å². The molecule has 156 valence electrons. The molecule has 0 saturated carbocycles. The van der Waals surface area contributed by atoms with Gasteiger partial charge in [-0.05, 0) is 11.6 Å². The fourth-order valence-electron chi connectivity index (χ4n) is 2.76. The number of fused-ring (bicyclic) bond motifs is 1. The maximum Gasteiger partial charge on any atom is 0.336 e. The maximum atomic E-state index is 11.8. The normalized spacial score (nSPS) is 27.9. The fraction of sp³-hybridized carbons (Fsp3) is 0.545. The van der Waals surface area contributed by atoms with Crippen molar-refractivity contribution < 1.29 is 38.8 Å². The summed E-state index contributed by atoms with van der Waals surface area (Å²) in [6.07, 6.45) is -4.08. The first-order chi connectivity index (χ1) is 12.9. The average Bonchev–Trinajstić information content (AvgIpc) is 3.06. The number of nitrogens with two attached hydrogens (primary N) is 1. The van der Waals surface area contributed by atoms with Crippen molar-refractivity contribution in [1.82, 2.24) is 24.6 Å². The fourth-order valence-corrected chi connectivity index (χ4v) is 5.79. The third-order valence-corrected chi connectivity index (χ3v) is 7.80. The Morgan fingerprint density at radius 3 is 2.57 bits per heavy atom. The number of hydrogen-bond acceptors (Lipinski definition) is 9. The Kier molecular flexibility index (Phi) is 5.82. The summed E-state index contributed by atoms with van der Waals surface area (Å²) in [5.41, 5.74) is 6.04. The first kappa shape index (κ1) is 21.5. The van der Waals surface area contributed by atoms with Gasteiger partial charge in [-0.1, -0.05) is 0 Å². The molecule has 1 saturated heterocycles. The highest BCUT2D eigenvalue weighted by molar-refractivity contribution is 7.71. The Labute approximate surface area is 162 Å². The molecule has 2 aromatic rings. The second kappa shape index (κ2) is 7.58. The quantitative estimate of drug-likeness (QED) is 0.195. The van der Waals surface area contributed by atoms with Crippen molar-refractivity contribution in [2.24, 2.45) is 0 Å². The standard InChI is InChI=1S/C11H17ClN6O8P2/c12-11-16-8(13)5-9(17-11)18(2-14-5)10-7(20)6(19)4(26-10)1-15-27(21,22)3-28(23,24)25/h2,4,6-7,10,19-20H,1,3H2,(H2,13,16,17)(H2,15,21,22)(H2,23,24,25). The van der Waals surface area contributed by atoms with Gasteiger partial charge in [-0.2, -0.15) is 9.97 Å². The zero-order chi connectivity index (χ0) is 20.9. The zero-order valence-electron chi connectivity index (χ0n) is 13.9. The second-order valence-corrected chi connectivity index (χ2v) is 10.6. The van der Waals surface area contributed by atoms with Crippen LogP contribution in [0.1, 0.15) is 6.23 Å². The summed E-state index contributed by atoms with van der Waals surface area (Å²) in [6.45, 7) is -0.465. The number of anilines is 1. The largest absolute Gasteiger partial charge is 0.387 e. The molecule has 8 N–H and O–H groups in total. The van der Waals surface area contributed by atoms with Gasteiger partial charge in [0.2, 0.25) is 5.28 Å². The Morgan fingerprint density at radius 2 is 1.93 bits per heavy atom. The van der Waals surface area contributed by atoms with Gasteiger partial charge in [-0.3, -0.25) is 13.7 Å². The van der Waals surface area contributed by atoms with Crippen LogP contribution in [-0.2, 0) is 13.9 Å². The molecule has 28 heavy (non-hydrogen) atoms. The van der Waals surface area contributed by atoms with Crippen LogP contribution in [0.25, 0.3) is 11.2 Å². The lowest BCUT2D eigenvalue weighted by Crippen LogP contribution is -2.37. The van der Waals surface area contributed by atoms with E-state index in [1.165, 1.54) is 10.9 Å². The molecule has 3 rings (SSSR count). The van der Waals surface area contributed by atoms with Crippen LogP contribution >= 0.6 is 26.7 Å². The Balaban J connectivity index is 1.78. The summed E-state index contributed by atoms with van der Waals surface area (Å²) >= 11 is 5.78. The van der Waals surface area contributed by atoms with Crippen LogP contribution in [0.2, 0.25) is 5.28 Å². The van der Waals surface area contributed by atoms with E-state index in [-0.39, 0.29) is 22.3 Å². The van der Waals surface area contributed by atoms with Gasteiger partial charge in [0, 0.05) is 6.54 Å². The second-order valence-electron chi connectivity index (χ2n) is 6.12. The van der Waals surface area contributed by atoms with E-state index in [1.54, 1.807) is 0 Å². The van der Waals surface area contributed by atoms with Gasteiger partial charge < -0.3 is 35.4 Å². The van der Waals surface area contributed by atoms with E-state index in [4.69, 9.17) is 31.9 Å². The molecule has 14 nitrogen and oxygen atoms in total. The molecular formula is C11H17ClN6O8P2. The average molecular weight is 459 g/mol. The van der Waals surface area contributed by atoms with E-state index in [9.17, 15) is 24.2 Å². The summed E-state index contributed by atoms with van der Waals surface area (Å²) in [6, 6.07) is 0. The summed E-state index contributed by atoms with van der Waals surface area (Å²) in [5, 5.41) is 22.4. The number of nitrogen functional groups attached to an aromatic ring is 1. The maximum absolute atomic E-state index is 11.8. The van der Waals surface area contributed by atoms with Gasteiger partial charge in [0.05, 0.1) is 6.33 Å². The molecular weight excluding hydrogens is 442 g/mol. The third-order valence-electron chi connectivity index (χ3n) is 3.95. The molecule has 1 aliphatic heterocycles. The molecule has 0 amide bonds. The monoisotopic (exact) mass is 458 g/mol. The molecule has 0 aromatic carbocycles. The Hall–Kier alpha value is -1.18. The number of imidazole rings is 1. The first-order valence-electron chi connectivity index (χ1n) is 7.66. The zero-order valence-corrected chi connectivity index (χ0v) is 16.4. The lowest BCUT2D eigenvalue weighted by molar-refractivity contribution is -0.0331. The topological polar surface area (TPSA) is 226 Å². The number of ether oxygens (including phenoxy) is 1. The summed E-state index contributed by atoms with van der Waals surface area (Å²) < 4.78 is 29.5. The number of aromatic nitrogens is 4. The van der Waals surface area contributed by atoms with E-state index < -0.39 is 52.1 Å². The summed E-state index contributed by atoms with van der Waals surface area (Å²) in [7, 11) is -9.15. The predicted octanol–water partition coefficient (Wildman–Crippen LogP) is -1.41. The minimum atomic E-state index is -4.74. The van der Waals surface area contributed by atoms with E-state index in [0.29, 0.717) is 0 Å². The molecule has 0 spiro atoms. The van der Waals surface area contributed by atoms with Crippen molar-refractivity contribution in [3.63, 3.8) is 0 Å². The third kappa shape index (κ3) is 4.52. The van der Waals surface area contributed by atoms with Crippen LogP contribution in [0.5, 0.6) is 0 Å². The molecule has 2 aromatic heterocycles. The summed E-state index contributed by atoms with van der Waals surface area (Å²) in [4.78, 5) is 39.0. The molecule has 0 radical (unpaired) electrons. The minimum absolute atomic E-state index is 0.00124. The smallest absolute Gasteiger partial charge is 0.336 e. The highest BCUT2D eigenvalue weighted by Crippen LogP contribution is 2.52. The first-order valence-corrected chi connectivity index (χ1v) is 11.7. The van der Waals surface area contributed by atoms with Gasteiger partial charge in [0.15, 0.2) is 17.7 Å². The van der Waals surface area contributed by atoms with Crippen molar-refractivity contribution in [3.8, 4) is 0 Å². The number of aliphatic hydroxyl groups excluding tert-OH is 2. The number of rotatable bonds is 6. The van der Waals surface area contributed by atoms with Crippen molar-refractivity contribution in [1.29, 1.82) is 0 Å².